The predicted molar refractivity (Wildman–Crippen MR) is 93.3 cm³/mol. The van der Waals surface area contributed by atoms with Crippen LogP contribution in [0, 0.1) is 0 Å². The van der Waals surface area contributed by atoms with Gasteiger partial charge >= 0.3 is 5.97 Å². The van der Waals surface area contributed by atoms with Gasteiger partial charge in [0.2, 0.25) is 4.96 Å². The van der Waals surface area contributed by atoms with Gasteiger partial charge in [0.25, 0.3) is 11.5 Å². The molecule has 0 spiro atoms. The van der Waals surface area contributed by atoms with E-state index in [2.05, 4.69) is 15.4 Å². The molecule has 0 unspecified atom stereocenters. The number of aromatic nitrogens is 3. The van der Waals surface area contributed by atoms with E-state index in [1.807, 2.05) is 6.92 Å². The van der Waals surface area contributed by atoms with Crippen LogP contribution in [0.1, 0.15) is 28.2 Å². The van der Waals surface area contributed by atoms with Gasteiger partial charge in [-0.05, 0) is 19.1 Å². The molecule has 11 heteroatoms. The van der Waals surface area contributed by atoms with E-state index in [1.165, 1.54) is 34.2 Å². The van der Waals surface area contributed by atoms with Gasteiger partial charge in [-0.2, -0.15) is 9.61 Å². The highest BCUT2D eigenvalue weighted by Gasteiger charge is 2.13. The molecule has 3 heterocycles. The molecule has 3 rings (SSSR count). The van der Waals surface area contributed by atoms with Crippen molar-refractivity contribution in [2.45, 2.75) is 20.1 Å². The minimum absolute atomic E-state index is 0.0935. The number of nitrogens with one attached hydrogen (secondary N) is 1. The maximum absolute atomic E-state index is 12.1. The lowest BCUT2D eigenvalue weighted by Gasteiger charge is -2.05. The first kappa shape index (κ1) is 18.7. The van der Waals surface area contributed by atoms with Crippen LogP contribution in [0.15, 0.2) is 33.7 Å². The predicted octanol–water partition coefficient (Wildman–Crippen LogP) is 0.754. The molecule has 3 aromatic heterocycles. The smallest absolute Gasteiger partial charge is 0.325 e. The molecule has 1 N–H and O–H groups in total. The van der Waals surface area contributed by atoms with Crippen molar-refractivity contribution in [1.82, 2.24) is 19.9 Å². The second-order valence-electron chi connectivity index (χ2n) is 5.23. The van der Waals surface area contributed by atoms with Gasteiger partial charge in [-0.3, -0.25) is 14.4 Å². The minimum Gasteiger partial charge on any atom is -0.459 e. The fourth-order valence-electron chi connectivity index (χ4n) is 2.07. The molecule has 1 amide bonds. The molecule has 0 bridgehead atoms. The van der Waals surface area contributed by atoms with E-state index >= 15 is 0 Å². The Bertz CT molecular complexity index is 994. The highest BCUT2D eigenvalue weighted by molar-refractivity contribution is 7.16. The highest BCUT2D eigenvalue weighted by Crippen LogP contribution is 2.12. The topological polar surface area (TPSA) is 125 Å². The average Bonchev–Trinajstić information content (AvgIpc) is 3.32. The summed E-state index contributed by atoms with van der Waals surface area (Å²) in [5.41, 5.74) is -0.0894. The number of rotatable bonds is 8. The van der Waals surface area contributed by atoms with Gasteiger partial charge in [0.1, 0.15) is 24.8 Å². The van der Waals surface area contributed by atoms with Crippen molar-refractivity contribution in [1.29, 1.82) is 0 Å². The fraction of sp³-hybridized carbons (Fsp3) is 0.312. The molecule has 10 nitrogen and oxygen atoms in total. The number of amides is 1. The van der Waals surface area contributed by atoms with Crippen LogP contribution in [0.4, 0.5) is 0 Å². The number of carbonyl (C=O) groups excluding carboxylic acids is 2. The third-order valence-corrected chi connectivity index (χ3v) is 4.17. The van der Waals surface area contributed by atoms with Gasteiger partial charge < -0.3 is 19.2 Å². The number of nitrogens with zero attached hydrogens (tertiary/aromatic N) is 3. The molecule has 0 aromatic carbocycles. The van der Waals surface area contributed by atoms with Gasteiger partial charge in [0.15, 0.2) is 5.76 Å². The zero-order valence-corrected chi connectivity index (χ0v) is 15.2. The number of hydrogen-bond donors (Lipinski definition) is 1. The van der Waals surface area contributed by atoms with E-state index in [1.54, 1.807) is 6.07 Å². The molecule has 0 aliphatic heterocycles. The Morgan fingerprint density at radius 2 is 2.22 bits per heavy atom. The van der Waals surface area contributed by atoms with Crippen LogP contribution in [0.5, 0.6) is 0 Å². The van der Waals surface area contributed by atoms with Crippen molar-refractivity contribution in [2.75, 3.05) is 13.2 Å². The van der Waals surface area contributed by atoms with Crippen LogP contribution >= 0.6 is 11.3 Å². The van der Waals surface area contributed by atoms with E-state index in [0.717, 1.165) is 0 Å². The van der Waals surface area contributed by atoms with E-state index in [9.17, 15) is 14.4 Å². The average molecular weight is 392 g/mol. The molecule has 0 radical (unpaired) electrons. The Balaban J connectivity index is 1.57. The van der Waals surface area contributed by atoms with Gasteiger partial charge in [-0.25, -0.2) is 4.98 Å². The van der Waals surface area contributed by atoms with Gasteiger partial charge in [-0.15, -0.1) is 0 Å². The Morgan fingerprint density at radius 1 is 1.37 bits per heavy atom. The molecule has 0 saturated carbocycles. The maximum Gasteiger partial charge on any atom is 0.325 e. The van der Waals surface area contributed by atoms with Crippen molar-refractivity contribution < 1.29 is 23.5 Å². The number of furan rings is 1. The van der Waals surface area contributed by atoms with Crippen LogP contribution in [0.3, 0.4) is 0 Å². The number of ether oxygens (including phenoxy) is 2. The Labute approximate surface area is 156 Å². The maximum atomic E-state index is 12.1. The van der Waals surface area contributed by atoms with E-state index in [4.69, 9.17) is 13.9 Å². The summed E-state index contributed by atoms with van der Waals surface area (Å²) in [6, 6.07) is 4.28. The summed E-state index contributed by atoms with van der Waals surface area (Å²) in [6.45, 7) is 2.17. The Morgan fingerprint density at radius 3 is 2.96 bits per heavy atom. The van der Waals surface area contributed by atoms with Crippen molar-refractivity contribution >= 4 is 28.2 Å². The fourth-order valence-corrected chi connectivity index (χ4v) is 2.93. The van der Waals surface area contributed by atoms with Crippen LogP contribution in [0.25, 0.3) is 4.96 Å². The second kappa shape index (κ2) is 8.56. The number of hydrogen-bond acceptors (Lipinski definition) is 9. The molecule has 27 heavy (non-hydrogen) atoms. The first-order valence-electron chi connectivity index (χ1n) is 8.00. The van der Waals surface area contributed by atoms with E-state index < -0.39 is 11.9 Å². The summed E-state index contributed by atoms with van der Waals surface area (Å²) < 4.78 is 16.4. The monoisotopic (exact) mass is 392 g/mol. The number of carbonyl (C=O) groups is 2. The van der Waals surface area contributed by atoms with Crippen molar-refractivity contribution in [3.05, 3.63) is 51.3 Å². The van der Waals surface area contributed by atoms with E-state index in [0.29, 0.717) is 23.2 Å². The number of fused-ring (bicyclic) bond motifs is 1. The van der Waals surface area contributed by atoms with Crippen LogP contribution < -0.4 is 10.9 Å². The molecule has 0 saturated heterocycles. The van der Waals surface area contributed by atoms with Gasteiger partial charge in [-0.1, -0.05) is 11.3 Å². The van der Waals surface area contributed by atoms with Crippen LogP contribution in [-0.4, -0.2) is 39.6 Å². The zero-order valence-electron chi connectivity index (χ0n) is 14.3. The summed E-state index contributed by atoms with van der Waals surface area (Å²) in [7, 11) is 0. The van der Waals surface area contributed by atoms with Crippen molar-refractivity contribution in [2.24, 2.45) is 0 Å². The molecule has 142 valence electrons. The Hall–Kier alpha value is -3.05. The van der Waals surface area contributed by atoms with Crippen LogP contribution in [0.2, 0.25) is 0 Å². The molecule has 0 fully saturated rings. The second-order valence-corrected chi connectivity index (χ2v) is 6.27. The summed E-state index contributed by atoms with van der Waals surface area (Å²) >= 11 is 1.22. The molecular formula is C16H16N4O6S. The third-order valence-electron chi connectivity index (χ3n) is 3.29. The molecule has 0 aliphatic rings. The zero-order chi connectivity index (χ0) is 19.2. The summed E-state index contributed by atoms with van der Waals surface area (Å²) in [5.74, 6) is -1.10. The van der Waals surface area contributed by atoms with Crippen molar-refractivity contribution in [3.8, 4) is 0 Å². The minimum atomic E-state index is -0.668. The normalized spacial score (nSPS) is 10.9. The SMILES string of the molecule is CCOCc1nn2c(=O)cc(COC(=O)CNC(=O)c3ccco3)nc2s1. The summed E-state index contributed by atoms with van der Waals surface area (Å²) in [5, 5.41) is 7.12. The van der Waals surface area contributed by atoms with Crippen molar-refractivity contribution in [3.63, 3.8) is 0 Å². The quantitative estimate of drug-likeness (QED) is 0.557. The van der Waals surface area contributed by atoms with Gasteiger partial charge in [0, 0.05) is 12.7 Å². The first-order valence-corrected chi connectivity index (χ1v) is 8.82. The van der Waals surface area contributed by atoms with Crippen LogP contribution in [-0.2, 0) is 27.5 Å². The Kier molecular flexibility index (Phi) is 5.94. The van der Waals surface area contributed by atoms with E-state index in [-0.39, 0.29) is 30.2 Å². The summed E-state index contributed by atoms with van der Waals surface area (Å²) in [4.78, 5) is 40.2. The molecule has 0 aliphatic carbocycles. The molecular weight excluding hydrogens is 376 g/mol. The lowest BCUT2D eigenvalue weighted by atomic mass is 10.4. The molecule has 0 atom stereocenters. The number of esters is 1. The standard InChI is InChI=1S/C16H16N4O6S/c1-2-24-9-12-19-20-13(21)6-10(18-16(20)27-12)8-26-14(22)7-17-15(23)11-4-3-5-25-11/h3-6H,2,7-9H2,1H3,(H,17,23). The third kappa shape index (κ3) is 4.77. The lowest BCUT2D eigenvalue weighted by Crippen LogP contribution is -2.30. The summed E-state index contributed by atoms with van der Waals surface area (Å²) in [6.07, 6.45) is 1.35. The largest absolute Gasteiger partial charge is 0.459 e. The first-order chi connectivity index (χ1) is 13.1. The highest BCUT2D eigenvalue weighted by atomic mass is 32.1. The molecule has 3 aromatic rings. The lowest BCUT2D eigenvalue weighted by molar-refractivity contribution is -0.143. The van der Waals surface area contributed by atoms with Gasteiger partial charge in [0.05, 0.1) is 12.0 Å².